The lowest BCUT2D eigenvalue weighted by Crippen LogP contribution is -2.40. The van der Waals surface area contributed by atoms with Gasteiger partial charge in [0.15, 0.2) is 0 Å². The van der Waals surface area contributed by atoms with Gasteiger partial charge >= 0.3 is 5.97 Å². The van der Waals surface area contributed by atoms with E-state index in [9.17, 15) is 13.2 Å². The van der Waals surface area contributed by atoms with E-state index in [0.717, 1.165) is 4.31 Å². The van der Waals surface area contributed by atoms with Crippen LogP contribution in [0.25, 0.3) is 0 Å². The van der Waals surface area contributed by atoms with Crippen molar-refractivity contribution in [1.82, 2.24) is 14.2 Å². The zero-order chi connectivity index (χ0) is 14.5. The van der Waals surface area contributed by atoms with Crippen LogP contribution in [0, 0.1) is 0 Å². The molecular weight excluding hydrogens is 270 g/mol. The molecule has 106 valence electrons. The van der Waals surface area contributed by atoms with Crippen LogP contribution in [0.4, 0.5) is 0 Å². The summed E-state index contributed by atoms with van der Waals surface area (Å²) in [6, 6.07) is 2.89. The van der Waals surface area contributed by atoms with Gasteiger partial charge in [0.05, 0.1) is 0 Å². The summed E-state index contributed by atoms with van der Waals surface area (Å²) in [6.07, 6.45) is 2.67. The predicted molar refractivity (Wildman–Crippen MR) is 69.2 cm³/mol. The van der Waals surface area contributed by atoms with Gasteiger partial charge in [-0.05, 0) is 26.2 Å². The van der Waals surface area contributed by atoms with E-state index in [2.05, 4.69) is 4.98 Å². The smallest absolute Gasteiger partial charge is 0.318 e. The third-order valence-corrected chi connectivity index (χ3v) is 4.21. The van der Waals surface area contributed by atoms with Crippen molar-refractivity contribution in [3.05, 3.63) is 24.5 Å². The fourth-order valence-electron chi connectivity index (χ4n) is 1.40. The Morgan fingerprint density at radius 1 is 1.37 bits per heavy atom. The number of carbonyl (C=O) groups is 1. The molecule has 0 amide bonds. The van der Waals surface area contributed by atoms with Gasteiger partial charge in [-0.3, -0.25) is 9.78 Å². The van der Waals surface area contributed by atoms with Gasteiger partial charge in [-0.25, -0.2) is 8.42 Å². The summed E-state index contributed by atoms with van der Waals surface area (Å²) in [7, 11) is -0.254. The van der Waals surface area contributed by atoms with Crippen molar-refractivity contribution in [3.63, 3.8) is 0 Å². The number of carboxylic acid groups (broad SMARTS) is 1. The van der Waals surface area contributed by atoms with E-state index in [-0.39, 0.29) is 11.4 Å². The van der Waals surface area contributed by atoms with E-state index in [4.69, 9.17) is 5.11 Å². The van der Waals surface area contributed by atoms with Crippen LogP contribution in [0.2, 0.25) is 0 Å². The number of rotatable bonds is 7. The summed E-state index contributed by atoms with van der Waals surface area (Å²) in [6.45, 7) is -0.0195. The van der Waals surface area contributed by atoms with E-state index in [1.807, 2.05) is 0 Å². The normalized spacial score (nSPS) is 12.0. The Labute approximate surface area is 112 Å². The van der Waals surface area contributed by atoms with Crippen molar-refractivity contribution >= 4 is 16.0 Å². The molecule has 0 spiro atoms. The average molecular weight is 287 g/mol. The fourth-order valence-corrected chi connectivity index (χ4v) is 2.74. The molecule has 0 aromatic carbocycles. The Morgan fingerprint density at radius 2 is 2.05 bits per heavy atom. The van der Waals surface area contributed by atoms with Crippen molar-refractivity contribution in [2.45, 2.75) is 4.90 Å². The summed E-state index contributed by atoms with van der Waals surface area (Å²) in [4.78, 5) is 16.3. The SMILES string of the molecule is CN(C)CCN(CC(=O)O)S(=O)(=O)c1cccnc1. The minimum absolute atomic E-state index is 0.00462. The topological polar surface area (TPSA) is 90.8 Å². The lowest BCUT2D eigenvalue weighted by atomic mass is 10.5. The summed E-state index contributed by atoms with van der Waals surface area (Å²) in [5.74, 6) is -1.19. The molecule has 1 aromatic heterocycles. The van der Waals surface area contributed by atoms with Gasteiger partial charge in [0.1, 0.15) is 11.4 Å². The Kier molecular flexibility index (Phi) is 5.40. The second-order valence-corrected chi connectivity index (χ2v) is 6.16. The van der Waals surface area contributed by atoms with Gasteiger partial charge in [0.25, 0.3) is 0 Å². The van der Waals surface area contributed by atoms with Crippen LogP contribution in [0.15, 0.2) is 29.4 Å². The molecule has 1 N–H and O–H groups in total. The average Bonchev–Trinajstić information content (AvgIpc) is 2.34. The minimum Gasteiger partial charge on any atom is -0.480 e. The van der Waals surface area contributed by atoms with E-state index in [1.54, 1.807) is 19.0 Å². The number of nitrogens with zero attached hydrogens (tertiary/aromatic N) is 3. The number of carboxylic acids is 1. The molecule has 1 aromatic rings. The first kappa shape index (κ1) is 15.5. The van der Waals surface area contributed by atoms with Crippen LogP contribution in [0.5, 0.6) is 0 Å². The zero-order valence-electron chi connectivity index (χ0n) is 10.9. The highest BCUT2D eigenvalue weighted by molar-refractivity contribution is 7.89. The number of aliphatic carboxylic acids is 1. The highest BCUT2D eigenvalue weighted by Crippen LogP contribution is 2.13. The number of likely N-dealkylation sites (N-methyl/N-ethyl adjacent to an activating group) is 1. The summed E-state index contributed by atoms with van der Waals surface area (Å²) in [5, 5.41) is 8.82. The Balaban J connectivity index is 2.98. The third-order valence-electron chi connectivity index (χ3n) is 2.38. The Bertz CT molecular complexity index is 516. The van der Waals surface area contributed by atoms with Crippen LogP contribution < -0.4 is 0 Å². The molecule has 8 heteroatoms. The fraction of sp³-hybridized carbons (Fsp3) is 0.455. The van der Waals surface area contributed by atoms with Crippen LogP contribution in [-0.4, -0.2) is 67.4 Å². The van der Waals surface area contributed by atoms with Crippen molar-refractivity contribution in [1.29, 1.82) is 0 Å². The monoisotopic (exact) mass is 287 g/mol. The van der Waals surface area contributed by atoms with Gasteiger partial charge in [0, 0.05) is 25.5 Å². The Morgan fingerprint density at radius 3 is 2.53 bits per heavy atom. The number of sulfonamides is 1. The van der Waals surface area contributed by atoms with Crippen LogP contribution in [-0.2, 0) is 14.8 Å². The van der Waals surface area contributed by atoms with E-state index >= 15 is 0 Å². The second kappa shape index (κ2) is 6.60. The standard InChI is InChI=1S/C11H17N3O4S/c1-13(2)6-7-14(9-11(15)16)19(17,18)10-4-3-5-12-8-10/h3-5,8H,6-7,9H2,1-2H3,(H,15,16). The van der Waals surface area contributed by atoms with Crippen molar-refractivity contribution in [2.24, 2.45) is 0 Å². The molecule has 0 atom stereocenters. The molecule has 19 heavy (non-hydrogen) atoms. The van der Waals surface area contributed by atoms with Gasteiger partial charge in [-0.15, -0.1) is 0 Å². The van der Waals surface area contributed by atoms with Crippen LogP contribution in [0.3, 0.4) is 0 Å². The minimum atomic E-state index is -3.83. The molecule has 7 nitrogen and oxygen atoms in total. The van der Waals surface area contributed by atoms with Crippen molar-refractivity contribution < 1.29 is 18.3 Å². The Hall–Kier alpha value is -1.51. The molecule has 0 saturated heterocycles. The van der Waals surface area contributed by atoms with E-state index < -0.39 is 22.5 Å². The van der Waals surface area contributed by atoms with E-state index in [1.165, 1.54) is 24.5 Å². The summed E-state index contributed by atoms with van der Waals surface area (Å²) < 4.78 is 25.5. The first-order valence-corrected chi connectivity index (χ1v) is 7.04. The summed E-state index contributed by atoms with van der Waals surface area (Å²) >= 11 is 0. The maximum atomic E-state index is 12.3. The van der Waals surface area contributed by atoms with Gasteiger partial charge in [-0.2, -0.15) is 4.31 Å². The maximum absolute atomic E-state index is 12.3. The number of hydrogen-bond donors (Lipinski definition) is 1. The van der Waals surface area contributed by atoms with E-state index in [0.29, 0.717) is 6.54 Å². The quantitative estimate of drug-likeness (QED) is 0.741. The van der Waals surface area contributed by atoms with Crippen molar-refractivity contribution in [2.75, 3.05) is 33.7 Å². The first-order valence-electron chi connectivity index (χ1n) is 5.60. The predicted octanol–water partition coefficient (Wildman–Crippen LogP) is -0.281. The van der Waals surface area contributed by atoms with Gasteiger partial charge < -0.3 is 10.0 Å². The molecule has 1 heterocycles. The molecular formula is C11H17N3O4S. The molecule has 0 aliphatic heterocycles. The number of aromatic nitrogens is 1. The highest BCUT2D eigenvalue weighted by atomic mass is 32.2. The van der Waals surface area contributed by atoms with Crippen LogP contribution in [0.1, 0.15) is 0 Å². The molecule has 0 aliphatic carbocycles. The molecule has 0 bridgehead atoms. The first-order chi connectivity index (χ1) is 8.84. The lowest BCUT2D eigenvalue weighted by Gasteiger charge is -2.21. The zero-order valence-corrected chi connectivity index (χ0v) is 11.7. The lowest BCUT2D eigenvalue weighted by molar-refractivity contribution is -0.137. The summed E-state index contributed by atoms with van der Waals surface area (Å²) in [5.41, 5.74) is 0. The molecule has 0 saturated carbocycles. The molecule has 0 unspecified atom stereocenters. The molecule has 1 rings (SSSR count). The number of pyridine rings is 1. The second-order valence-electron chi connectivity index (χ2n) is 4.22. The van der Waals surface area contributed by atoms with Crippen molar-refractivity contribution in [3.8, 4) is 0 Å². The molecule has 0 radical (unpaired) electrons. The maximum Gasteiger partial charge on any atom is 0.318 e. The highest BCUT2D eigenvalue weighted by Gasteiger charge is 2.26. The third kappa shape index (κ3) is 4.58. The molecule has 0 fully saturated rings. The van der Waals surface area contributed by atoms with Gasteiger partial charge in [-0.1, -0.05) is 0 Å². The van der Waals surface area contributed by atoms with Gasteiger partial charge in [0.2, 0.25) is 10.0 Å². The molecule has 0 aliphatic rings. The number of hydrogen-bond acceptors (Lipinski definition) is 5. The van der Waals surface area contributed by atoms with Crippen LogP contribution >= 0.6 is 0 Å². The largest absolute Gasteiger partial charge is 0.480 e.